The van der Waals surface area contributed by atoms with E-state index in [2.05, 4.69) is 15.0 Å². The maximum absolute atomic E-state index is 12.4. The highest BCUT2D eigenvalue weighted by Gasteiger charge is 2.63. The summed E-state index contributed by atoms with van der Waals surface area (Å²) >= 11 is 1.32. The summed E-state index contributed by atoms with van der Waals surface area (Å²) in [5.41, 5.74) is 0.873. The van der Waals surface area contributed by atoms with Crippen molar-refractivity contribution < 1.29 is 19.1 Å². The van der Waals surface area contributed by atoms with Gasteiger partial charge in [0.05, 0.1) is 12.1 Å². The van der Waals surface area contributed by atoms with E-state index in [1.54, 1.807) is 24.0 Å². The molecule has 5 rings (SSSR count). The monoisotopic (exact) mass is 343 g/mol. The minimum atomic E-state index is -0.474. The molecule has 0 radical (unpaired) electrons. The smallest absolute Gasteiger partial charge is 0.358 e. The quantitative estimate of drug-likeness (QED) is 0.783. The molecule has 8 heteroatoms. The van der Waals surface area contributed by atoms with Crippen molar-refractivity contribution in [2.45, 2.75) is 25.0 Å². The molecular weight excluding hydrogens is 330 g/mol. The topological polar surface area (TPSA) is 91.3 Å². The first kappa shape index (κ1) is 14.0. The van der Waals surface area contributed by atoms with Crippen molar-refractivity contribution in [3.8, 4) is 10.7 Å². The summed E-state index contributed by atoms with van der Waals surface area (Å²) in [4.78, 5) is 36.7. The molecule has 122 valence electrons. The Bertz CT molecular complexity index is 824. The van der Waals surface area contributed by atoms with E-state index < -0.39 is 5.97 Å². The largest absolute Gasteiger partial charge is 0.458 e. The molecule has 7 nitrogen and oxygen atoms in total. The third-order valence-electron chi connectivity index (χ3n) is 5.15. The lowest BCUT2D eigenvalue weighted by molar-refractivity contribution is -0.146. The fraction of sp³-hybridized carbons (Fsp3) is 0.438. The van der Waals surface area contributed by atoms with E-state index in [1.165, 1.54) is 11.3 Å². The molecule has 24 heavy (non-hydrogen) atoms. The van der Waals surface area contributed by atoms with Gasteiger partial charge in [0.25, 0.3) is 0 Å². The first-order valence-corrected chi connectivity index (χ1v) is 8.72. The molecule has 5 atom stereocenters. The molecular formula is C16H13N3O4S. The lowest BCUT2D eigenvalue weighted by atomic mass is 9.88. The minimum Gasteiger partial charge on any atom is -0.458 e. The molecule has 2 aromatic heterocycles. The van der Waals surface area contributed by atoms with Gasteiger partial charge in [0.2, 0.25) is 0 Å². The van der Waals surface area contributed by atoms with Gasteiger partial charge in [-0.15, -0.1) is 11.3 Å². The normalized spacial score (nSPS) is 32.8. The predicted molar refractivity (Wildman–Crippen MR) is 81.9 cm³/mol. The van der Waals surface area contributed by atoms with Gasteiger partial charge in [-0.2, -0.15) is 0 Å². The summed E-state index contributed by atoms with van der Waals surface area (Å²) < 4.78 is 11.1. The Hall–Kier alpha value is -2.35. The van der Waals surface area contributed by atoms with Crippen LogP contribution in [-0.2, 0) is 14.3 Å². The number of carbonyl (C=O) groups excluding carboxylic acids is 2. The summed E-state index contributed by atoms with van der Waals surface area (Å²) in [6.07, 6.45) is 5.81. The van der Waals surface area contributed by atoms with Crippen molar-refractivity contribution in [3.63, 3.8) is 0 Å². The van der Waals surface area contributed by atoms with Crippen LogP contribution in [-0.4, -0.2) is 39.1 Å². The molecule has 0 N–H and O–H groups in total. The average molecular weight is 343 g/mol. The van der Waals surface area contributed by atoms with Crippen molar-refractivity contribution in [2.75, 3.05) is 0 Å². The molecule has 0 unspecified atom stereocenters. The summed E-state index contributed by atoms with van der Waals surface area (Å²) in [5.74, 6) is -0.162. The fourth-order valence-electron chi connectivity index (χ4n) is 4.14. The van der Waals surface area contributed by atoms with Gasteiger partial charge in [0, 0.05) is 29.6 Å². The van der Waals surface area contributed by atoms with Gasteiger partial charge in [-0.1, -0.05) is 0 Å². The first-order chi connectivity index (χ1) is 11.7. The predicted octanol–water partition coefficient (Wildman–Crippen LogP) is 1.71. The Labute approximate surface area is 141 Å². The zero-order valence-electron chi connectivity index (χ0n) is 12.5. The van der Waals surface area contributed by atoms with Crippen LogP contribution >= 0.6 is 11.3 Å². The van der Waals surface area contributed by atoms with Crippen LogP contribution in [0.3, 0.4) is 0 Å². The Morgan fingerprint density at radius 1 is 1.33 bits per heavy atom. The Morgan fingerprint density at radius 3 is 3.08 bits per heavy atom. The summed E-state index contributed by atoms with van der Waals surface area (Å²) in [5, 5.41) is 2.28. The summed E-state index contributed by atoms with van der Waals surface area (Å²) in [6, 6.07) is 0. The van der Waals surface area contributed by atoms with E-state index in [0.29, 0.717) is 10.7 Å². The van der Waals surface area contributed by atoms with Gasteiger partial charge in [-0.25, -0.2) is 9.78 Å². The van der Waals surface area contributed by atoms with Crippen LogP contribution in [0, 0.1) is 17.8 Å². The number of carbonyl (C=O) groups is 2. The SMILES string of the molecule is O=C(O[C@@H]1[C@@H]2C[C@@H]3[C@H]1OC(=O)[C@@H]3C2)c1csc(-c2cnccn2)n1. The molecule has 3 heterocycles. The van der Waals surface area contributed by atoms with E-state index in [9.17, 15) is 9.59 Å². The van der Waals surface area contributed by atoms with Crippen molar-refractivity contribution in [2.24, 2.45) is 17.8 Å². The van der Waals surface area contributed by atoms with Gasteiger partial charge >= 0.3 is 11.9 Å². The van der Waals surface area contributed by atoms with Crippen molar-refractivity contribution in [1.82, 2.24) is 15.0 Å². The number of esters is 2. The Balaban J connectivity index is 1.33. The van der Waals surface area contributed by atoms with E-state index in [1.807, 2.05) is 0 Å². The van der Waals surface area contributed by atoms with Crippen molar-refractivity contribution in [1.29, 1.82) is 0 Å². The van der Waals surface area contributed by atoms with Crippen LogP contribution in [0.4, 0.5) is 0 Å². The molecule has 1 aliphatic heterocycles. The van der Waals surface area contributed by atoms with Gasteiger partial charge in [-0.3, -0.25) is 14.8 Å². The number of nitrogens with zero attached hydrogens (tertiary/aromatic N) is 3. The minimum absolute atomic E-state index is 0.0116. The molecule has 2 aromatic rings. The summed E-state index contributed by atoms with van der Waals surface area (Å²) in [7, 11) is 0. The average Bonchev–Trinajstić information content (AvgIpc) is 3.33. The Kier molecular flexibility index (Phi) is 2.97. The van der Waals surface area contributed by atoms with Crippen molar-refractivity contribution in [3.05, 3.63) is 29.7 Å². The van der Waals surface area contributed by atoms with Crippen LogP contribution in [0.15, 0.2) is 24.0 Å². The second-order valence-corrected chi connectivity index (χ2v) is 7.26. The maximum Gasteiger partial charge on any atom is 0.358 e. The number of thiazole rings is 1. The van der Waals surface area contributed by atoms with Crippen LogP contribution < -0.4 is 0 Å². The molecule has 3 fully saturated rings. The lowest BCUT2D eigenvalue weighted by Crippen LogP contribution is -2.36. The first-order valence-electron chi connectivity index (χ1n) is 7.84. The third-order valence-corrected chi connectivity index (χ3v) is 6.02. The van der Waals surface area contributed by atoms with E-state index in [0.717, 1.165) is 12.8 Å². The van der Waals surface area contributed by atoms with Crippen LogP contribution in [0.2, 0.25) is 0 Å². The molecule has 2 saturated carbocycles. The fourth-order valence-corrected chi connectivity index (χ4v) is 4.89. The number of rotatable bonds is 3. The van der Waals surface area contributed by atoms with Gasteiger partial charge in [-0.05, 0) is 12.8 Å². The highest BCUT2D eigenvalue weighted by molar-refractivity contribution is 7.13. The van der Waals surface area contributed by atoms with E-state index in [4.69, 9.17) is 9.47 Å². The van der Waals surface area contributed by atoms with Crippen LogP contribution in [0.1, 0.15) is 23.3 Å². The number of aromatic nitrogens is 3. The molecule has 1 saturated heterocycles. The van der Waals surface area contributed by atoms with E-state index >= 15 is 0 Å². The molecule has 2 bridgehead atoms. The van der Waals surface area contributed by atoms with Crippen LogP contribution in [0.5, 0.6) is 0 Å². The molecule has 0 amide bonds. The maximum atomic E-state index is 12.4. The zero-order chi connectivity index (χ0) is 16.3. The molecule has 3 aliphatic rings. The number of hydrogen-bond donors (Lipinski definition) is 0. The number of hydrogen-bond acceptors (Lipinski definition) is 8. The highest BCUT2D eigenvalue weighted by atomic mass is 32.1. The zero-order valence-corrected chi connectivity index (χ0v) is 13.3. The Morgan fingerprint density at radius 2 is 2.25 bits per heavy atom. The lowest BCUT2D eigenvalue weighted by Gasteiger charge is -2.24. The summed E-state index contributed by atoms with van der Waals surface area (Å²) in [6.45, 7) is 0. The highest BCUT2D eigenvalue weighted by Crippen LogP contribution is 2.55. The number of fused-ring (bicyclic) bond motifs is 1. The number of ether oxygens (including phenoxy) is 2. The van der Waals surface area contributed by atoms with Crippen molar-refractivity contribution >= 4 is 23.3 Å². The molecule has 0 spiro atoms. The second-order valence-electron chi connectivity index (χ2n) is 6.40. The van der Waals surface area contributed by atoms with Crippen LogP contribution in [0.25, 0.3) is 10.7 Å². The third kappa shape index (κ3) is 1.99. The second kappa shape index (κ2) is 5.07. The molecule has 0 aromatic carbocycles. The van der Waals surface area contributed by atoms with Gasteiger partial charge in [0.1, 0.15) is 22.9 Å². The standard InChI is InChI=1S/C16H13N3O4S/c20-15-9-4-7-3-8(9)13(23-15)12(7)22-16(21)11-6-24-14(19-11)10-5-17-1-2-18-10/h1-2,5-9,12-13H,3-4H2/t7-,8+,9-,12-,13-/m1/s1. The van der Waals surface area contributed by atoms with Gasteiger partial charge < -0.3 is 9.47 Å². The van der Waals surface area contributed by atoms with Gasteiger partial charge in [0.15, 0.2) is 5.69 Å². The molecule has 2 aliphatic carbocycles. The van der Waals surface area contributed by atoms with E-state index in [-0.39, 0.29) is 41.6 Å².